The molecule has 1 aliphatic heterocycles. The highest BCUT2D eigenvalue weighted by atomic mass is 15.1. The third-order valence-electron chi connectivity index (χ3n) is 6.71. The molecule has 20 N–H and O–H groups in total. The average Bonchev–Trinajstić information content (AvgIpc) is 2.88. The molecule has 0 amide bonds. The van der Waals surface area contributed by atoms with Crippen molar-refractivity contribution in [3.8, 4) is 0 Å². The monoisotopic (exact) mass is 568 g/mol. The zero-order valence-corrected chi connectivity index (χ0v) is 24.0. The van der Waals surface area contributed by atoms with Gasteiger partial charge >= 0.3 is 0 Å². The lowest BCUT2D eigenvalue weighted by atomic mass is 10.0. The van der Waals surface area contributed by atoms with Gasteiger partial charge in [-0.25, -0.2) is 0 Å². The van der Waals surface area contributed by atoms with Crippen molar-refractivity contribution in [2.24, 2.45) is 44.4 Å². The van der Waals surface area contributed by atoms with E-state index in [-0.39, 0.29) is 48.0 Å². The van der Waals surface area contributed by atoms with Gasteiger partial charge in [-0.3, -0.25) is 20.8 Å². The molecule has 16 heteroatoms. The summed E-state index contributed by atoms with van der Waals surface area (Å²) in [5, 5.41) is 35.6. The number of hydrogen-bond acceptors (Lipinski definition) is 8. The number of nitrogens with one attached hydrogen (secondary N) is 8. The molecule has 16 nitrogen and oxygen atoms in total. The van der Waals surface area contributed by atoms with Gasteiger partial charge < -0.3 is 66.3 Å². The Balaban J connectivity index is 2.88. The third kappa shape index (κ3) is 19.9. The Labute approximate surface area is 239 Å². The normalized spacial score (nSPS) is 22.2. The maximum Gasteiger partial charge on any atom is 0.185 e. The molecule has 1 heterocycles. The highest BCUT2D eigenvalue weighted by Gasteiger charge is 2.19. The van der Waals surface area contributed by atoms with Crippen molar-refractivity contribution in [1.29, 1.82) is 10.8 Å². The van der Waals surface area contributed by atoms with Crippen molar-refractivity contribution >= 4 is 23.8 Å². The molecule has 1 aliphatic rings. The minimum Gasteiger partial charge on any atom is -0.370 e. The van der Waals surface area contributed by atoms with Crippen LogP contribution in [0.5, 0.6) is 0 Å². The van der Waals surface area contributed by atoms with Crippen LogP contribution in [-0.4, -0.2) is 100 Å². The molecular weight excluding hydrogens is 512 g/mol. The number of guanidine groups is 4. The second kappa shape index (κ2) is 21.7. The Bertz CT molecular complexity index is 671. The Hall–Kier alpha value is -3.08. The summed E-state index contributed by atoms with van der Waals surface area (Å²) in [6.07, 6.45) is 7.28. The zero-order valence-electron chi connectivity index (χ0n) is 24.0. The van der Waals surface area contributed by atoms with E-state index in [4.69, 9.17) is 45.2 Å². The third-order valence-corrected chi connectivity index (χ3v) is 6.71. The fourth-order valence-corrected chi connectivity index (χ4v) is 4.58. The lowest BCUT2D eigenvalue weighted by molar-refractivity contribution is 0.316. The van der Waals surface area contributed by atoms with Crippen molar-refractivity contribution in [2.45, 2.75) is 75.5 Å². The van der Waals surface area contributed by atoms with Gasteiger partial charge in [0, 0.05) is 76.5 Å². The summed E-state index contributed by atoms with van der Waals surface area (Å²) >= 11 is 0. The molecule has 1 fully saturated rings. The smallest absolute Gasteiger partial charge is 0.185 e. The van der Waals surface area contributed by atoms with Gasteiger partial charge in [0.15, 0.2) is 23.8 Å². The van der Waals surface area contributed by atoms with Gasteiger partial charge in [0.05, 0.1) is 0 Å². The van der Waals surface area contributed by atoms with Gasteiger partial charge in [-0.05, 0) is 51.4 Å². The molecule has 232 valence electrons. The number of hydrogen-bond donors (Lipinski definition) is 14. The lowest BCUT2D eigenvalue weighted by Gasteiger charge is -2.31. The molecule has 0 aromatic carbocycles. The van der Waals surface area contributed by atoms with Crippen molar-refractivity contribution in [2.75, 3.05) is 52.4 Å². The van der Waals surface area contributed by atoms with Gasteiger partial charge in [-0.2, -0.15) is 0 Å². The Kier molecular flexibility index (Phi) is 19.0. The Morgan fingerprint density at radius 3 is 1.12 bits per heavy atom. The fourth-order valence-electron chi connectivity index (χ4n) is 4.58. The summed E-state index contributed by atoms with van der Waals surface area (Å²) in [6, 6.07) is 1.01. The van der Waals surface area contributed by atoms with Gasteiger partial charge in [0.1, 0.15) is 0 Å². The highest BCUT2D eigenvalue weighted by molar-refractivity contribution is 5.76. The summed E-state index contributed by atoms with van der Waals surface area (Å²) in [4.78, 5) is 8.26. The van der Waals surface area contributed by atoms with Gasteiger partial charge in [-0.1, -0.05) is 0 Å². The predicted octanol–water partition coefficient (Wildman–Crippen LogP) is -3.53. The molecule has 0 aromatic rings. The molecule has 1 rings (SSSR count). The minimum absolute atomic E-state index is 0.00615. The van der Waals surface area contributed by atoms with Crippen LogP contribution < -0.4 is 66.3 Å². The van der Waals surface area contributed by atoms with E-state index in [1.807, 2.05) is 0 Å². The van der Waals surface area contributed by atoms with Crippen LogP contribution in [0.3, 0.4) is 0 Å². The van der Waals surface area contributed by atoms with Crippen LogP contribution in [-0.2, 0) is 0 Å². The number of nitrogens with zero attached hydrogens (tertiary/aromatic N) is 2. The van der Waals surface area contributed by atoms with E-state index in [2.05, 4.69) is 41.9 Å². The summed E-state index contributed by atoms with van der Waals surface area (Å²) in [7, 11) is 0. The Morgan fingerprint density at radius 1 is 0.550 bits per heavy atom. The molecule has 40 heavy (non-hydrogen) atoms. The van der Waals surface area contributed by atoms with Gasteiger partial charge in [0.2, 0.25) is 0 Å². The molecule has 0 radical (unpaired) electrons. The van der Waals surface area contributed by atoms with Crippen LogP contribution in [0.1, 0.15) is 51.4 Å². The highest BCUT2D eigenvalue weighted by Crippen LogP contribution is 2.06. The standard InChI is InChI=1S/C24H56N16/c25-21(26)33-9-1-5-17-13-38-19(7-3-11-35-23(29)30)15-40-20(8-4-12-36-24(31)32)16-39-18(14-37-17)6-2-10-34-22(27)28/h17-20,37-40H,1-16H2,(H4,25,26,33)(H4,27,28,34)(H4,29,30,35)(H4,31,32,36)/t17-,18-,19-,20-/m1/s1. The summed E-state index contributed by atoms with van der Waals surface area (Å²) in [6.45, 7) is 5.76. The van der Waals surface area contributed by atoms with E-state index in [0.29, 0.717) is 26.2 Å². The molecule has 0 aliphatic carbocycles. The molecule has 4 atom stereocenters. The van der Waals surface area contributed by atoms with E-state index in [1.165, 1.54) is 0 Å². The van der Waals surface area contributed by atoms with E-state index in [1.54, 1.807) is 0 Å². The first-order valence-corrected chi connectivity index (χ1v) is 14.4. The fraction of sp³-hybridized carbons (Fsp3) is 0.833. The number of aliphatic imine (C=N–C) groups is 2. The number of rotatable bonds is 16. The Morgan fingerprint density at radius 2 is 0.850 bits per heavy atom. The summed E-state index contributed by atoms with van der Waals surface area (Å²) in [5.74, 6) is 0.222. The van der Waals surface area contributed by atoms with Gasteiger partial charge in [-0.15, -0.1) is 0 Å². The van der Waals surface area contributed by atoms with E-state index < -0.39 is 0 Å². The molecule has 0 unspecified atom stereocenters. The second-order valence-corrected chi connectivity index (χ2v) is 10.3. The maximum atomic E-state index is 7.39. The molecule has 0 spiro atoms. The van der Waals surface area contributed by atoms with Gasteiger partial charge in [0.25, 0.3) is 0 Å². The molecule has 0 saturated carbocycles. The first-order chi connectivity index (χ1) is 19.2. The average molecular weight is 569 g/mol. The van der Waals surface area contributed by atoms with E-state index >= 15 is 0 Å². The van der Waals surface area contributed by atoms with Crippen LogP contribution in [0.25, 0.3) is 0 Å². The molecular formula is C24H56N16. The van der Waals surface area contributed by atoms with Crippen molar-refractivity contribution < 1.29 is 0 Å². The lowest BCUT2D eigenvalue weighted by Crippen LogP contribution is -2.54. The second-order valence-electron chi connectivity index (χ2n) is 10.3. The van der Waals surface area contributed by atoms with Crippen molar-refractivity contribution in [3.63, 3.8) is 0 Å². The van der Waals surface area contributed by atoms with Crippen LogP contribution in [0, 0.1) is 10.8 Å². The molecule has 1 saturated heterocycles. The van der Waals surface area contributed by atoms with Crippen LogP contribution in [0.15, 0.2) is 9.98 Å². The van der Waals surface area contributed by atoms with Crippen molar-refractivity contribution in [3.05, 3.63) is 0 Å². The topological polar surface area (TPSA) is 301 Å². The minimum atomic E-state index is -0.00615. The first kappa shape index (κ1) is 34.9. The predicted molar refractivity (Wildman–Crippen MR) is 165 cm³/mol. The maximum absolute atomic E-state index is 7.39. The van der Waals surface area contributed by atoms with E-state index in [0.717, 1.165) is 77.5 Å². The summed E-state index contributed by atoms with van der Waals surface area (Å²) in [5.41, 5.74) is 32.9. The molecule has 0 aromatic heterocycles. The summed E-state index contributed by atoms with van der Waals surface area (Å²) < 4.78 is 0. The van der Waals surface area contributed by atoms with Crippen LogP contribution in [0.4, 0.5) is 0 Å². The van der Waals surface area contributed by atoms with E-state index in [9.17, 15) is 0 Å². The zero-order chi connectivity index (χ0) is 29.6. The quantitative estimate of drug-likeness (QED) is 0.0489. The first-order valence-electron chi connectivity index (χ1n) is 14.4. The van der Waals surface area contributed by atoms with Crippen LogP contribution >= 0.6 is 0 Å². The SMILES string of the molecule is N=C(N)NCCC[C@@H]1CN[C@H](CCCN=C(N)N)CN[C@H](CCCNC(=N)N)CN[C@H](CCCN=C(N)N)CN1. The number of nitrogens with two attached hydrogens (primary N) is 6. The molecule has 0 bridgehead atoms. The van der Waals surface area contributed by atoms with Crippen LogP contribution in [0.2, 0.25) is 0 Å². The van der Waals surface area contributed by atoms with Crippen molar-refractivity contribution in [1.82, 2.24) is 31.9 Å². The largest absolute Gasteiger partial charge is 0.370 e.